The van der Waals surface area contributed by atoms with Crippen LogP contribution in [0.25, 0.3) is 0 Å². The van der Waals surface area contributed by atoms with E-state index in [0.717, 1.165) is 0 Å². The van der Waals surface area contributed by atoms with Crippen LogP contribution in [0.4, 0.5) is 0 Å². The van der Waals surface area contributed by atoms with Crippen molar-refractivity contribution in [3.63, 3.8) is 0 Å². The van der Waals surface area contributed by atoms with Crippen LogP contribution in [0, 0.1) is 0 Å². The Morgan fingerprint density at radius 2 is 1.73 bits per heavy atom. The first-order valence-electron chi connectivity index (χ1n) is 3.47. The average Bonchev–Trinajstić information content (AvgIpc) is 1.88. The predicted octanol–water partition coefficient (Wildman–Crippen LogP) is 1.67. The van der Waals surface area contributed by atoms with Crippen LogP contribution in [0.3, 0.4) is 0 Å². The molecule has 0 rings (SSSR count). The Balaban J connectivity index is 4.55. The van der Waals surface area contributed by atoms with Crippen LogP contribution in [0.15, 0.2) is 23.8 Å². The molecule has 0 spiro atoms. The number of carbonyl (C=O) groups excluding carboxylic acids is 2. The fourth-order valence-electron chi connectivity index (χ4n) is 0.760. The molecule has 0 atom stereocenters. The summed E-state index contributed by atoms with van der Waals surface area (Å²) >= 11 is 0. The van der Waals surface area contributed by atoms with Crippen LogP contribution in [0.2, 0.25) is 0 Å². The van der Waals surface area contributed by atoms with E-state index >= 15 is 0 Å². The summed E-state index contributed by atoms with van der Waals surface area (Å²) < 4.78 is 0. The Labute approximate surface area is 66.6 Å². The summed E-state index contributed by atoms with van der Waals surface area (Å²) in [5, 5.41) is 0. The lowest BCUT2D eigenvalue weighted by molar-refractivity contribution is -0.118. The third-order valence-corrected chi connectivity index (χ3v) is 1.25. The van der Waals surface area contributed by atoms with E-state index in [0.29, 0.717) is 0 Å². The first-order chi connectivity index (χ1) is 5.13. The molecule has 0 radical (unpaired) electrons. The van der Waals surface area contributed by atoms with E-state index in [9.17, 15) is 9.59 Å². The maximum Gasteiger partial charge on any atom is 0.188 e. The van der Waals surface area contributed by atoms with E-state index in [1.54, 1.807) is 19.9 Å². The normalized spacial score (nSPS) is 12.1. The molecular formula is C9H12O2. The second-order valence-electron chi connectivity index (χ2n) is 2.12. The van der Waals surface area contributed by atoms with Crippen LogP contribution in [0.5, 0.6) is 0 Å². The van der Waals surface area contributed by atoms with Crippen LogP contribution < -0.4 is 0 Å². The van der Waals surface area contributed by atoms with Gasteiger partial charge in [-0.15, -0.1) is 0 Å². The van der Waals surface area contributed by atoms with Crippen LogP contribution in [-0.2, 0) is 9.59 Å². The summed E-state index contributed by atoms with van der Waals surface area (Å²) in [7, 11) is 0. The Morgan fingerprint density at radius 1 is 1.18 bits per heavy atom. The highest BCUT2D eigenvalue weighted by Crippen LogP contribution is 1.98. The van der Waals surface area contributed by atoms with Crippen molar-refractivity contribution in [1.29, 1.82) is 0 Å². The zero-order chi connectivity index (χ0) is 8.85. The molecule has 0 aliphatic rings. The lowest BCUT2D eigenvalue weighted by atomic mass is 10.1. The van der Waals surface area contributed by atoms with E-state index in [4.69, 9.17) is 0 Å². The highest BCUT2D eigenvalue weighted by atomic mass is 16.1. The molecule has 0 aromatic heterocycles. The first kappa shape index (κ1) is 9.82. The smallest absolute Gasteiger partial charge is 0.188 e. The van der Waals surface area contributed by atoms with Gasteiger partial charge in [0.05, 0.1) is 5.57 Å². The molecule has 0 aromatic carbocycles. The number of ketones is 2. The summed E-state index contributed by atoms with van der Waals surface area (Å²) in [5.74, 6) is -0.405. The molecular weight excluding hydrogens is 140 g/mol. The van der Waals surface area contributed by atoms with Gasteiger partial charge in [-0.05, 0) is 26.8 Å². The van der Waals surface area contributed by atoms with Crippen molar-refractivity contribution in [2.45, 2.75) is 20.8 Å². The van der Waals surface area contributed by atoms with Crippen molar-refractivity contribution in [3.05, 3.63) is 23.8 Å². The lowest BCUT2D eigenvalue weighted by Crippen LogP contribution is -2.06. The minimum Gasteiger partial charge on any atom is -0.294 e. The Bertz CT molecular complexity index is 222. The van der Waals surface area contributed by atoms with Crippen molar-refractivity contribution in [3.8, 4) is 0 Å². The summed E-state index contributed by atoms with van der Waals surface area (Å²) in [4.78, 5) is 21.8. The van der Waals surface area contributed by atoms with Crippen LogP contribution >= 0.6 is 0 Å². The molecule has 2 nitrogen and oxygen atoms in total. The number of Topliss-reactive ketones (excluding diaryl/α,β-unsaturated/α-hetero) is 1. The van der Waals surface area contributed by atoms with Crippen molar-refractivity contribution < 1.29 is 9.59 Å². The van der Waals surface area contributed by atoms with E-state index < -0.39 is 0 Å². The van der Waals surface area contributed by atoms with Gasteiger partial charge in [-0.25, -0.2) is 0 Å². The fourth-order valence-corrected chi connectivity index (χ4v) is 0.760. The topological polar surface area (TPSA) is 34.1 Å². The predicted molar refractivity (Wildman–Crippen MR) is 44.3 cm³/mol. The van der Waals surface area contributed by atoms with Crippen molar-refractivity contribution in [2.75, 3.05) is 0 Å². The van der Waals surface area contributed by atoms with Gasteiger partial charge in [0.15, 0.2) is 11.6 Å². The van der Waals surface area contributed by atoms with Crippen molar-refractivity contribution in [2.24, 2.45) is 0 Å². The number of hydrogen-bond acceptors (Lipinski definition) is 2. The third-order valence-electron chi connectivity index (χ3n) is 1.25. The number of hydrogen-bond donors (Lipinski definition) is 0. The molecule has 0 fully saturated rings. The SMILES string of the molecule is CC=CC(=O)C(=CC)C(C)=O. The molecule has 0 N–H and O–H groups in total. The summed E-state index contributed by atoms with van der Waals surface area (Å²) in [6.07, 6.45) is 4.54. The van der Waals surface area contributed by atoms with E-state index in [1.165, 1.54) is 19.1 Å². The van der Waals surface area contributed by atoms with E-state index in [1.807, 2.05) is 0 Å². The molecule has 0 saturated heterocycles. The fraction of sp³-hybridized carbons (Fsp3) is 0.333. The van der Waals surface area contributed by atoms with Gasteiger partial charge in [0.2, 0.25) is 0 Å². The van der Waals surface area contributed by atoms with Gasteiger partial charge in [0.25, 0.3) is 0 Å². The van der Waals surface area contributed by atoms with Crippen LogP contribution in [-0.4, -0.2) is 11.6 Å². The average molecular weight is 152 g/mol. The minimum absolute atomic E-state index is 0.185. The Morgan fingerprint density at radius 3 is 2.00 bits per heavy atom. The van der Waals surface area contributed by atoms with E-state index in [-0.39, 0.29) is 17.1 Å². The highest BCUT2D eigenvalue weighted by molar-refractivity contribution is 6.23. The third kappa shape index (κ3) is 2.94. The Hall–Kier alpha value is -1.18. The van der Waals surface area contributed by atoms with Gasteiger partial charge in [0.1, 0.15) is 0 Å². The molecule has 60 valence electrons. The molecule has 0 amide bonds. The Kier molecular flexibility index (Phi) is 4.11. The molecule has 0 unspecified atom stereocenters. The number of carbonyl (C=O) groups is 2. The zero-order valence-corrected chi connectivity index (χ0v) is 7.05. The van der Waals surface area contributed by atoms with Crippen molar-refractivity contribution >= 4 is 11.6 Å². The van der Waals surface area contributed by atoms with Gasteiger partial charge < -0.3 is 0 Å². The van der Waals surface area contributed by atoms with Crippen molar-refractivity contribution in [1.82, 2.24) is 0 Å². The number of allylic oxidation sites excluding steroid dienone is 4. The quantitative estimate of drug-likeness (QED) is 0.350. The zero-order valence-electron chi connectivity index (χ0n) is 7.05. The molecule has 0 aliphatic carbocycles. The van der Waals surface area contributed by atoms with Gasteiger partial charge in [-0.3, -0.25) is 9.59 Å². The molecule has 2 heteroatoms. The molecule has 0 saturated carbocycles. The highest BCUT2D eigenvalue weighted by Gasteiger charge is 2.08. The minimum atomic E-state index is -0.220. The first-order valence-corrected chi connectivity index (χ1v) is 3.47. The molecule has 0 aromatic rings. The molecule has 0 heterocycles. The second kappa shape index (κ2) is 4.61. The van der Waals surface area contributed by atoms with Gasteiger partial charge in [-0.2, -0.15) is 0 Å². The second-order valence-corrected chi connectivity index (χ2v) is 2.12. The maximum absolute atomic E-state index is 11.0. The standard InChI is InChI=1S/C9H12O2/c1-4-6-9(11)8(5-2)7(3)10/h4-6H,1-3H3. The molecule has 0 aliphatic heterocycles. The largest absolute Gasteiger partial charge is 0.294 e. The molecule has 11 heavy (non-hydrogen) atoms. The summed E-state index contributed by atoms with van der Waals surface area (Å²) in [5.41, 5.74) is 0.253. The van der Waals surface area contributed by atoms with Gasteiger partial charge in [-0.1, -0.05) is 12.2 Å². The van der Waals surface area contributed by atoms with Crippen LogP contribution in [0.1, 0.15) is 20.8 Å². The van der Waals surface area contributed by atoms with Gasteiger partial charge in [0, 0.05) is 0 Å². The monoisotopic (exact) mass is 152 g/mol. The lowest BCUT2D eigenvalue weighted by Gasteiger charge is -1.94. The van der Waals surface area contributed by atoms with Gasteiger partial charge >= 0.3 is 0 Å². The summed E-state index contributed by atoms with van der Waals surface area (Å²) in [6, 6.07) is 0. The van der Waals surface area contributed by atoms with E-state index in [2.05, 4.69) is 0 Å². The summed E-state index contributed by atoms with van der Waals surface area (Å²) in [6.45, 7) is 4.81. The molecule has 0 bridgehead atoms. The number of rotatable bonds is 3. The maximum atomic E-state index is 11.0.